The third-order valence-corrected chi connectivity index (χ3v) is 5.22. The van der Waals surface area contributed by atoms with Gasteiger partial charge in [0.25, 0.3) is 0 Å². The molecule has 0 aliphatic carbocycles. The van der Waals surface area contributed by atoms with Crippen molar-refractivity contribution in [3.05, 3.63) is 71.6 Å². The van der Waals surface area contributed by atoms with Crippen LogP contribution in [-0.4, -0.2) is 33.5 Å². The molecule has 0 saturated heterocycles. The Kier molecular flexibility index (Phi) is 7.17. The second kappa shape index (κ2) is 10.0. The van der Waals surface area contributed by atoms with Crippen molar-refractivity contribution in [3.8, 4) is 11.4 Å². The minimum absolute atomic E-state index is 0.168. The number of aromatic nitrogens is 2. The van der Waals surface area contributed by atoms with E-state index in [0.717, 1.165) is 24.0 Å². The second-order valence-electron chi connectivity index (χ2n) is 7.46. The van der Waals surface area contributed by atoms with Gasteiger partial charge >= 0.3 is 0 Å². The lowest BCUT2D eigenvalue weighted by molar-refractivity contribution is -0.133. The maximum atomic E-state index is 12.9. The van der Waals surface area contributed by atoms with Crippen molar-refractivity contribution >= 4 is 5.91 Å². The van der Waals surface area contributed by atoms with Crippen LogP contribution in [0.1, 0.15) is 43.7 Å². The van der Waals surface area contributed by atoms with E-state index in [1.54, 1.807) is 0 Å². The number of nitrogens with zero attached hydrogens (tertiary/aromatic N) is 3. The molecule has 3 rings (SSSR count). The number of carbonyl (C=O) groups is 1. The first-order valence-electron chi connectivity index (χ1n) is 10.3. The maximum Gasteiger partial charge on any atom is 0.228 e. The van der Waals surface area contributed by atoms with Crippen molar-refractivity contribution in [2.45, 2.75) is 52.5 Å². The number of aryl methyl sites for hydroxylation is 2. The van der Waals surface area contributed by atoms with Gasteiger partial charge in [0, 0.05) is 31.0 Å². The van der Waals surface area contributed by atoms with Gasteiger partial charge in [0.1, 0.15) is 0 Å². The van der Waals surface area contributed by atoms with E-state index in [2.05, 4.69) is 36.1 Å². The topological polar surface area (TPSA) is 59.2 Å². The molecule has 1 heterocycles. The summed E-state index contributed by atoms with van der Waals surface area (Å²) in [5, 5.41) is 4.10. The molecule has 0 aliphatic rings. The largest absolute Gasteiger partial charge is 0.339 e. The van der Waals surface area contributed by atoms with E-state index in [1.807, 2.05) is 54.3 Å². The Bertz CT molecular complexity index is 921. The fourth-order valence-electron chi connectivity index (χ4n) is 3.32. The highest BCUT2D eigenvalue weighted by Gasteiger charge is 2.20. The monoisotopic (exact) mass is 391 g/mol. The van der Waals surface area contributed by atoms with Crippen LogP contribution >= 0.6 is 0 Å². The average molecular weight is 392 g/mol. The molecule has 0 radical (unpaired) electrons. The highest BCUT2D eigenvalue weighted by Crippen LogP contribution is 2.18. The van der Waals surface area contributed by atoms with Gasteiger partial charge in [-0.05, 0) is 38.3 Å². The van der Waals surface area contributed by atoms with Gasteiger partial charge < -0.3 is 9.42 Å². The minimum atomic E-state index is 0.168. The van der Waals surface area contributed by atoms with Gasteiger partial charge in [-0.15, -0.1) is 0 Å². The predicted octanol–water partition coefficient (Wildman–Crippen LogP) is 4.85. The first kappa shape index (κ1) is 20.8. The number of rotatable bonds is 9. The lowest BCUT2D eigenvalue weighted by atomic mass is 10.1. The first-order valence-corrected chi connectivity index (χ1v) is 10.3. The Hall–Kier alpha value is -2.95. The van der Waals surface area contributed by atoms with Crippen LogP contribution in [0.5, 0.6) is 0 Å². The summed E-state index contributed by atoms with van der Waals surface area (Å²) in [7, 11) is 0. The molecule has 0 bridgehead atoms. The summed E-state index contributed by atoms with van der Waals surface area (Å²) < 4.78 is 5.43. The van der Waals surface area contributed by atoms with Crippen LogP contribution < -0.4 is 0 Å². The zero-order valence-electron chi connectivity index (χ0n) is 17.5. The van der Waals surface area contributed by atoms with Crippen molar-refractivity contribution < 1.29 is 9.32 Å². The summed E-state index contributed by atoms with van der Waals surface area (Å²) in [5.41, 5.74) is 3.28. The average Bonchev–Trinajstić information content (AvgIpc) is 3.22. The van der Waals surface area contributed by atoms with Crippen LogP contribution in [0.15, 0.2) is 59.1 Å². The molecule has 0 spiro atoms. The Morgan fingerprint density at radius 3 is 2.62 bits per heavy atom. The van der Waals surface area contributed by atoms with E-state index in [4.69, 9.17) is 4.52 Å². The smallest absolute Gasteiger partial charge is 0.228 e. The number of amides is 1. The standard InChI is InChI=1S/C24H29N3O2/c1-4-19(3)27(23(28)14-13-20-10-6-5-7-11-20)16-15-22-25-24(26-29-22)21-12-8-9-18(2)17-21/h5-12,17,19H,4,13-16H2,1-3H3/t19-/m0/s1. The summed E-state index contributed by atoms with van der Waals surface area (Å²) in [6, 6.07) is 18.3. The van der Waals surface area contributed by atoms with E-state index in [9.17, 15) is 4.79 Å². The van der Waals surface area contributed by atoms with Crippen LogP contribution in [0.2, 0.25) is 0 Å². The van der Waals surface area contributed by atoms with Gasteiger partial charge in [0.2, 0.25) is 17.6 Å². The summed E-state index contributed by atoms with van der Waals surface area (Å²) in [6.07, 6.45) is 2.73. The number of hydrogen-bond acceptors (Lipinski definition) is 4. The van der Waals surface area contributed by atoms with Gasteiger partial charge in [-0.25, -0.2) is 0 Å². The number of carbonyl (C=O) groups excluding carboxylic acids is 1. The minimum Gasteiger partial charge on any atom is -0.339 e. The predicted molar refractivity (Wildman–Crippen MR) is 114 cm³/mol. The van der Waals surface area contributed by atoms with Crippen LogP contribution in [0.4, 0.5) is 0 Å². The highest BCUT2D eigenvalue weighted by molar-refractivity contribution is 5.76. The molecule has 29 heavy (non-hydrogen) atoms. The van der Waals surface area contributed by atoms with Crippen LogP contribution in [0.3, 0.4) is 0 Å². The zero-order chi connectivity index (χ0) is 20.6. The third kappa shape index (κ3) is 5.76. The van der Waals surface area contributed by atoms with Gasteiger partial charge in [-0.1, -0.05) is 66.2 Å². The molecule has 0 unspecified atom stereocenters. The quantitative estimate of drug-likeness (QED) is 0.523. The van der Waals surface area contributed by atoms with Gasteiger partial charge in [-0.2, -0.15) is 4.98 Å². The fraction of sp³-hybridized carbons (Fsp3) is 0.375. The summed E-state index contributed by atoms with van der Waals surface area (Å²) in [6.45, 7) is 6.81. The summed E-state index contributed by atoms with van der Waals surface area (Å²) >= 11 is 0. The molecule has 1 aromatic heterocycles. The zero-order valence-corrected chi connectivity index (χ0v) is 17.5. The van der Waals surface area contributed by atoms with E-state index < -0.39 is 0 Å². The van der Waals surface area contributed by atoms with Crippen molar-refractivity contribution in [2.24, 2.45) is 0 Å². The summed E-state index contributed by atoms with van der Waals surface area (Å²) in [4.78, 5) is 19.3. The Morgan fingerprint density at radius 2 is 1.90 bits per heavy atom. The van der Waals surface area contributed by atoms with E-state index in [0.29, 0.717) is 31.1 Å². The van der Waals surface area contributed by atoms with Gasteiger partial charge in [0.05, 0.1) is 0 Å². The number of benzene rings is 2. The molecule has 3 aromatic rings. The van der Waals surface area contributed by atoms with Crippen LogP contribution in [0, 0.1) is 6.92 Å². The van der Waals surface area contributed by atoms with E-state index in [1.165, 1.54) is 5.56 Å². The molecular weight excluding hydrogens is 362 g/mol. The molecule has 5 heteroatoms. The Labute approximate surface area is 172 Å². The van der Waals surface area contributed by atoms with Crippen molar-refractivity contribution in [3.63, 3.8) is 0 Å². The van der Waals surface area contributed by atoms with Crippen molar-refractivity contribution in [1.29, 1.82) is 0 Å². The molecular formula is C24H29N3O2. The third-order valence-electron chi connectivity index (χ3n) is 5.22. The molecule has 5 nitrogen and oxygen atoms in total. The van der Waals surface area contributed by atoms with Crippen molar-refractivity contribution in [1.82, 2.24) is 15.0 Å². The molecule has 2 aromatic carbocycles. The fourth-order valence-corrected chi connectivity index (χ4v) is 3.32. The highest BCUT2D eigenvalue weighted by atomic mass is 16.5. The van der Waals surface area contributed by atoms with Crippen LogP contribution in [-0.2, 0) is 17.6 Å². The molecule has 1 atom stereocenters. The lowest BCUT2D eigenvalue weighted by Gasteiger charge is -2.28. The lowest BCUT2D eigenvalue weighted by Crippen LogP contribution is -2.40. The Morgan fingerprint density at radius 1 is 1.10 bits per heavy atom. The molecule has 152 valence electrons. The van der Waals surface area contributed by atoms with E-state index in [-0.39, 0.29) is 11.9 Å². The maximum absolute atomic E-state index is 12.9. The van der Waals surface area contributed by atoms with Gasteiger partial charge in [-0.3, -0.25) is 4.79 Å². The van der Waals surface area contributed by atoms with E-state index >= 15 is 0 Å². The molecule has 0 fully saturated rings. The van der Waals surface area contributed by atoms with Gasteiger partial charge in [0.15, 0.2) is 0 Å². The Balaban J connectivity index is 1.61. The first-order chi connectivity index (χ1) is 14.1. The molecule has 0 aliphatic heterocycles. The molecule has 0 N–H and O–H groups in total. The SMILES string of the molecule is CC[C@H](C)N(CCc1nc(-c2cccc(C)c2)no1)C(=O)CCc1ccccc1. The molecule has 1 amide bonds. The second-order valence-corrected chi connectivity index (χ2v) is 7.46. The summed E-state index contributed by atoms with van der Waals surface area (Å²) in [5.74, 6) is 1.32. The van der Waals surface area contributed by atoms with Crippen molar-refractivity contribution in [2.75, 3.05) is 6.54 Å². The van der Waals surface area contributed by atoms with Crippen LogP contribution in [0.25, 0.3) is 11.4 Å². The number of hydrogen-bond donors (Lipinski definition) is 0. The normalized spacial score (nSPS) is 12.0. The molecule has 0 saturated carbocycles.